The van der Waals surface area contributed by atoms with Gasteiger partial charge in [-0.3, -0.25) is 14.6 Å². The Kier molecular flexibility index (Phi) is 4.99. The maximum atomic E-state index is 13.5. The molecule has 30 heavy (non-hydrogen) atoms. The SMILES string of the molecule is CCOC(=O)C1=NN(c2ccccc2C)C2C(=O)N(c3ccccc3OC)C(=O)C12. The van der Waals surface area contributed by atoms with Gasteiger partial charge in [0, 0.05) is 0 Å². The molecular weight excluding hydrogens is 386 g/mol. The summed E-state index contributed by atoms with van der Waals surface area (Å²) >= 11 is 0. The molecule has 2 amide bonds. The first kappa shape index (κ1) is 19.6. The minimum absolute atomic E-state index is 0.0687. The Morgan fingerprint density at radius 1 is 1.03 bits per heavy atom. The van der Waals surface area contributed by atoms with E-state index in [1.54, 1.807) is 37.3 Å². The molecule has 2 heterocycles. The topological polar surface area (TPSA) is 88.5 Å². The number of amides is 2. The number of hydrazone groups is 1. The average Bonchev–Trinajstić information content (AvgIpc) is 3.25. The van der Waals surface area contributed by atoms with E-state index in [0.29, 0.717) is 17.1 Å². The van der Waals surface area contributed by atoms with Crippen LogP contribution in [0.4, 0.5) is 11.4 Å². The summed E-state index contributed by atoms with van der Waals surface area (Å²) in [4.78, 5) is 40.5. The molecule has 2 aromatic carbocycles. The van der Waals surface area contributed by atoms with Crippen molar-refractivity contribution < 1.29 is 23.9 Å². The number of aryl methyl sites for hydroxylation is 1. The monoisotopic (exact) mass is 407 g/mol. The van der Waals surface area contributed by atoms with E-state index in [4.69, 9.17) is 9.47 Å². The van der Waals surface area contributed by atoms with Gasteiger partial charge in [0.1, 0.15) is 17.7 Å². The van der Waals surface area contributed by atoms with Crippen molar-refractivity contribution in [1.29, 1.82) is 0 Å². The number of rotatable bonds is 5. The third kappa shape index (κ3) is 2.92. The first-order valence-electron chi connectivity index (χ1n) is 9.60. The van der Waals surface area contributed by atoms with Crippen molar-refractivity contribution in [2.75, 3.05) is 23.6 Å². The van der Waals surface area contributed by atoms with E-state index in [-0.39, 0.29) is 12.3 Å². The lowest BCUT2D eigenvalue weighted by molar-refractivity contribution is -0.136. The van der Waals surface area contributed by atoms with Gasteiger partial charge >= 0.3 is 5.97 Å². The van der Waals surface area contributed by atoms with E-state index in [1.807, 2.05) is 25.1 Å². The van der Waals surface area contributed by atoms with Gasteiger partial charge in [-0.25, -0.2) is 9.69 Å². The van der Waals surface area contributed by atoms with Crippen LogP contribution in [0.25, 0.3) is 0 Å². The number of methoxy groups -OCH3 is 1. The lowest BCUT2D eigenvalue weighted by Gasteiger charge is -2.24. The van der Waals surface area contributed by atoms with Crippen molar-refractivity contribution >= 4 is 34.9 Å². The number of hydrogen-bond acceptors (Lipinski definition) is 7. The molecule has 1 fully saturated rings. The third-order valence-electron chi connectivity index (χ3n) is 5.22. The zero-order chi connectivity index (χ0) is 21.4. The fraction of sp³-hybridized carbons (Fsp3) is 0.273. The smallest absolute Gasteiger partial charge is 0.355 e. The molecule has 0 aliphatic carbocycles. The molecule has 2 unspecified atom stereocenters. The molecule has 2 aromatic rings. The Morgan fingerprint density at radius 2 is 1.70 bits per heavy atom. The number of carbonyl (C=O) groups excluding carboxylic acids is 3. The van der Waals surface area contributed by atoms with Crippen molar-refractivity contribution in [2.45, 2.75) is 19.9 Å². The van der Waals surface area contributed by atoms with Crippen LogP contribution in [-0.4, -0.2) is 43.3 Å². The first-order chi connectivity index (χ1) is 14.5. The number of fused-ring (bicyclic) bond motifs is 1. The average molecular weight is 407 g/mol. The van der Waals surface area contributed by atoms with Crippen LogP contribution in [0.15, 0.2) is 53.6 Å². The van der Waals surface area contributed by atoms with Crippen LogP contribution >= 0.6 is 0 Å². The molecule has 0 aromatic heterocycles. The molecule has 0 spiro atoms. The van der Waals surface area contributed by atoms with Crippen LogP contribution in [0.1, 0.15) is 12.5 Å². The Hall–Kier alpha value is -3.68. The van der Waals surface area contributed by atoms with Crippen molar-refractivity contribution in [1.82, 2.24) is 0 Å². The molecule has 8 heteroatoms. The molecule has 0 radical (unpaired) electrons. The molecule has 0 saturated carbocycles. The minimum atomic E-state index is -1.05. The Morgan fingerprint density at radius 3 is 2.37 bits per heavy atom. The highest BCUT2D eigenvalue weighted by atomic mass is 16.5. The molecule has 2 aliphatic heterocycles. The highest BCUT2D eigenvalue weighted by Crippen LogP contribution is 2.41. The standard InChI is InChI=1S/C22H21N3O5/c1-4-30-22(28)18-17-19(25(23-18)14-10-6-5-9-13(14)2)21(27)24(20(17)26)15-11-7-8-12-16(15)29-3/h5-12,17,19H,4H2,1-3H3. The summed E-state index contributed by atoms with van der Waals surface area (Å²) in [6.07, 6.45) is 0. The summed E-state index contributed by atoms with van der Waals surface area (Å²) < 4.78 is 10.5. The van der Waals surface area contributed by atoms with Crippen LogP contribution in [0.3, 0.4) is 0 Å². The number of carbonyl (C=O) groups is 3. The number of esters is 1. The number of anilines is 2. The highest BCUT2D eigenvalue weighted by Gasteiger charge is 2.59. The highest BCUT2D eigenvalue weighted by molar-refractivity contribution is 6.47. The summed E-state index contributed by atoms with van der Waals surface area (Å²) in [6, 6.07) is 13.2. The third-order valence-corrected chi connectivity index (χ3v) is 5.22. The lowest BCUT2D eigenvalue weighted by atomic mass is 9.97. The second-order valence-corrected chi connectivity index (χ2v) is 6.94. The largest absolute Gasteiger partial charge is 0.495 e. The van der Waals surface area contributed by atoms with Gasteiger partial charge < -0.3 is 9.47 Å². The van der Waals surface area contributed by atoms with E-state index >= 15 is 0 Å². The van der Waals surface area contributed by atoms with Crippen LogP contribution in [0.2, 0.25) is 0 Å². The fourth-order valence-corrected chi connectivity index (χ4v) is 3.86. The molecule has 2 aliphatic rings. The van der Waals surface area contributed by atoms with Crippen LogP contribution in [-0.2, 0) is 19.1 Å². The Balaban J connectivity index is 1.83. The predicted octanol–water partition coefficient (Wildman–Crippen LogP) is 2.30. The van der Waals surface area contributed by atoms with Crippen LogP contribution < -0.4 is 14.6 Å². The normalized spacial score (nSPS) is 20.3. The Labute approximate surface area is 173 Å². The summed E-state index contributed by atoms with van der Waals surface area (Å²) in [5.41, 5.74) is 1.77. The molecular formula is C22H21N3O5. The van der Waals surface area contributed by atoms with Crippen molar-refractivity contribution in [2.24, 2.45) is 11.0 Å². The van der Waals surface area contributed by atoms with Gasteiger partial charge in [-0.05, 0) is 37.6 Å². The molecule has 154 valence electrons. The summed E-state index contributed by atoms with van der Waals surface area (Å²) in [7, 11) is 1.47. The van der Waals surface area contributed by atoms with E-state index < -0.39 is 29.7 Å². The maximum Gasteiger partial charge on any atom is 0.355 e. The van der Waals surface area contributed by atoms with Crippen molar-refractivity contribution in [3.05, 3.63) is 54.1 Å². The summed E-state index contributed by atoms with van der Waals surface area (Å²) in [5.74, 6) is -2.37. The second kappa shape index (κ2) is 7.62. The van der Waals surface area contributed by atoms with Gasteiger partial charge in [-0.15, -0.1) is 0 Å². The minimum Gasteiger partial charge on any atom is -0.495 e. The van der Waals surface area contributed by atoms with E-state index in [2.05, 4.69) is 5.10 Å². The number of nitrogens with zero attached hydrogens (tertiary/aromatic N) is 3. The molecule has 4 rings (SSSR count). The molecule has 2 atom stereocenters. The zero-order valence-electron chi connectivity index (χ0n) is 16.9. The summed E-state index contributed by atoms with van der Waals surface area (Å²) in [6.45, 7) is 3.69. The van der Waals surface area contributed by atoms with Crippen LogP contribution in [0.5, 0.6) is 5.75 Å². The van der Waals surface area contributed by atoms with Crippen LogP contribution in [0, 0.1) is 12.8 Å². The zero-order valence-corrected chi connectivity index (χ0v) is 16.9. The lowest BCUT2D eigenvalue weighted by Crippen LogP contribution is -2.39. The number of para-hydroxylation sites is 3. The van der Waals surface area contributed by atoms with E-state index in [0.717, 1.165) is 10.5 Å². The molecule has 8 nitrogen and oxygen atoms in total. The quantitative estimate of drug-likeness (QED) is 0.558. The number of ether oxygens (including phenoxy) is 2. The van der Waals surface area contributed by atoms with E-state index in [9.17, 15) is 14.4 Å². The fourth-order valence-electron chi connectivity index (χ4n) is 3.86. The van der Waals surface area contributed by atoms with Gasteiger partial charge in [0.2, 0.25) is 5.91 Å². The van der Waals surface area contributed by atoms with Crippen molar-refractivity contribution in [3.8, 4) is 5.75 Å². The molecule has 0 bridgehead atoms. The Bertz CT molecular complexity index is 1060. The number of hydrogen-bond donors (Lipinski definition) is 0. The second-order valence-electron chi connectivity index (χ2n) is 6.94. The van der Waals surface area contributed by atoms with Crippen molar-refractivity contribution in [3.63, 3.8) is 0 Å². The maximum absolute atomic E-state index is 13.5. The first-order valence-corrected chi connectivity index (χ1v) is 9.60. The van der Waals surface area contributed by atoms with Gasteiger partial charge in [0.25, 0.3) is 5.91 Å². The van der Waals surface area contributed by atoms with Gasteiger partial charge in [-0.2, -0.15) is 5.10 Å². The molecule has 1 saturated heterocycles. The summed E-state index contributed by atoms with van der Waals surface area (Å²) in [5, 5.41) is 5.83. The van der Waals surface area contributed by atoms with Gasteiger partial charge in [0.05, 0.1) is 25.1 Å². The number of imide groups is 1. The van der Waals surface area contributed by atoms with E-state index in [1.165, 1.54) is 12.1 Å². The number of benzene rings is 2. The van der Waals surface area contributed by atoms with Gasteiger partial charge in [0.15, 0.2) is 5.71 Å². The molecule has 0 N–H and O–H groups in total. The predicted molar refractivity (Wildman–Crippen MR) is 110 cm³/mol. The van der Waals surface area contributed by atoms with Gasteiger partial charge in [-0.1, -0.05) is 30.3 Å².